The fraction of sp³-hybridized carbons (Fsp3) is 0.188. The highest BCUT2D eigenvalue weighted by Crippen LogP contribution is 2.21. The molecule has 0 aliphatic carbocycles. The van der Waals surface area contributed by atoms with Gasteiger partial charge in [0.2, 0.25) is 0 Å². The molecule has 4 heteroatoms. The molecular weight excluding hydrogens is 256 g/mol. The molecule has 0 aromatic heterocycles. The number of benzene rings is 2. The topological polar surface area (TPSA) is 55.8 Å². The predicted octanol–water partition coefficient (Wildman–Crippen LogP) is 3.28. The van der Waals surface area contributed by atoms with Crippen LogP contribution < -0.4 is 9.47 Å². The molecule has 0 heterocycles. The average molecular weight is 272 g/mol. The van der Waals surface area contributed by atoms with Crippen molar-refractivity contribution < 1.29 is 19.4 Å². The Balaban J connectivity index is 2.08. The van der Waals surface area contributed by atoms with Crippen LogP contribution in [0.4, 0.5) is 0 Å². The molecular formula is C16H16O4. The van der Waals surface area contributed by atoms with Crippen LogP contribution in [0.1, 0.15) is 21.5 Å². The van der Waals surface area contributed by atoms with Crippen molar-refractivity contribution >= 4 is 5.97 Å². The third-order valence-corrected chi connectivity index (χ3v) is 2.95. The van der Waals surface area contributed by atoms with E-state index in [1.54, 1.807) is 19.2 Å². The highest BCUT2D eigenvalue weighted by atomic mass is 16.5. The van der Waals surface area contributed by atoms with Gasteiger partial charge in [-0.05, 0) is 48.4 Å². The lowest BCUT2D eigenvalue weighted by Crippen LogP contribution is -2.00. The number of ether oxygens (including phenoxy) is 2. The Morgan fingerprint density at radius 2 is 2.00 bits per heavy atom. The maximum atomic E-state index is 10.9. The summed E-state index contributed by atoms with van der Waals surface area (Å²) in [5, 5.41) is 8.91. The van der Waals surface area contributed by atoms with E-state index in [-0.39, 0.29) is 5.56 Å². The van der Waals surface area contributed by atoms with Crippen LogP contribution >= 0.6 is 0 Å². The molecule has 4 nitrogen and oxygen atoms in total. The summed E-state index contributed by atoms with van der Waals surface area (Å²) in [4.78, 5) is 10.9. The molecule has 0 aliphatic rings. The van der Waals surface area contributed by atoms with E-state index >= 15 is 0 Å². The van der Waals surface area contributed by atoms with E-state index < -0.39 is 5.97 Å². The van der Waals surface area contributed by atoms with Crippen LogP contribution in [0.3, 0.4) is 0 Å². The summed E-state index contributed by atoms with van der Waals surface area (Å²) < 4.78 is 10.9. The molecule has 104 valence electrons. The standard InChI is InChI=1S/C16H16O4/c1-11-8-13(16(17)18)6-7-15(11)20-10-12-4-3-5-14(9-12)19-2/h3-9H,10H2,1-2H3,(H,17,18). The van der Waals surface area contributed by atoms with Gasteiger partial charge in [0.25, 0.3) is 0 Å². The van der Waals surface area contributed by atoms with Gasteiger partial charge in [0.15, 0.2) is 0 Å². The number of hydrogen-bond donors (Lipinski definition) is 1. The maximum Gasteiger partial charge on any atom is 0.335 e. The van der Waals surface area contributed by atoms with Crippen molar-refractivity contribution in [2.75, 3.05) is 7.11 Å². The van der Waals surface area contributed by atoms with Crippen LogP contribution in [0.2, 0.25) is 0 Å². The van der Waals surface area contributed by atoms with Gasteiger partial charge in [-0.15, -0.1) is 0 Å². The average Bonchev–Trinajstić information content (AvgIpc) is 2.46. The highest BCUT2D eigenvalue weighted by molar-refractivity contribution is 5.88. The molecule has 1 N–H and O–H groups in total. The van der Waals surface area contributed by atoms with Crippen molar-refractivity contribution in [3.63, 3.8) is 0 Å². The predicted molar refractivity (Wildman–Crippen MR) is 75.5 cm³/mol. The molecule has 2 rings (SSSR count). The molecule has 0 saturated heterocycles. The summed E-state index contributed by atoms with van der Waals surface area (Å²) in [5.41, 5.74) is 2.05. The fourth-order valence-electron chi connectivity index (χ4n) is 1.87. The SMILES string of the molecule is COc1cccc(COc2ccc(C(=O)O)cc2C)c1. The number of carboxylic acids is 1. The monoisotopic (exact) mass is 272 g/mol. The molecule has 0 spiro atoms. The van der Waals surface area contributed by atoms with Gasteiger partial charge >= 0.3 is 5.97 Å². The first-order chi connectivity index (χ1) is 9.60. The van der Waals surface area contributed by atoms with Crippen molar-refractivity contribution in [3.8, 4) is 11.5 Å². The molecule has 0 unspecified atom stereocenters. The van der Waals surface area contributed by atoms with Crippen LogP contribution in [0, 0.1) is 6.92 Å². The zero-order valence-corrected chi connectivity index (χ0v) is 11.4. The molecule has 0 atom stereocenters. The molecule has 2 aromatic carbocycles. The van der Waals surface area contributed by atoms with Crippen LogP contribution in [0.15, 0.2) is 42.5 Å². The lowest BCUT2D eigenvalue weighted by molar-refractivity contribution is 0.0696. The van der Waals surface area contributed by atoms with Crippen molar-refractivity contribution in [1.29, 1.82) is 0 Å². The summed E-state index contributed by atoms with van der Waals surface area (Å²) >= 11 is 0. The van der Waals surface area contributed by atoms with E-state index in [1.165, 1.54) is 6.07 Å². The van der Waals surface area contributed by atoms with Crippen molar-refractivity contribution in [2.45, 2.75) is 13.5 Å². The second kappa shape index (κ2) is 6.10. The zero-order chi connectivity index (χ0) is 14.5. The Morgan fingerprint density at radius 3 is 2.65 bits per heavy atom. The van der Waals surface area contributed by atoms with E-state index in [4.69, 9.17) is 14.6 Å². The normalized spacial score (nSPS) is 10.1. The second-order valence-electron chi connectivity index (χ2n) is 4.43. The first-order valence-corrected chi connectivity index (χ1v) is 6.20. The van der Waals surface area contributed by atoms with Crippen molar-refractivity contribution in [1.82, 2.24) is 0 Å². The van der Waals surface area contributed by atoms with Gasteiger partial charge in [-0.25, -0.2) is 4.79 Å². The number of carbonyl (C=O) groups is 1. The van der Waals surface area contributed by atoms with E-state index in [2.05, 4.69) is 0 Å². The van der Waals surface area contributed by atoms with Crippen LogP contribution in [-0.2, 0) is 6.61 Å². The summed E-state index contributed by atoms with van der Waals surface area (Å²) in [7, 11) is 1.62. The van der Waals surface area contributed by atoms with Crippen molar-refractivity contribution in [3.05, 3.63) is 59.2 Å². The number of aryl methyl sites for hydroxylation is 1. The first kappa shape index (κ1) is 13.9. The lowest BCUT2D eigenvalue weighted by Gasteiger charge is -2.10. The summed E-state index contributed by atoms with van der Waals surface area (Å²) in [6.07, 6.45) is 0. The van der Waals surface area contributed by atoms with Gasteiger partial charge < -0.3 is 14.6 Å². The molecule has 0 saturated carbocycles. The molecule has 0 bridgehead atoms. The second-order valence-corrected chi connectivity index (χ2v) is 4.43. The quantitative estimate of drug-likeness (QED) is 0.907. The van der Waals surface area contributed by atoms with E-state index in [1.807, 2.05) is 31.2 Å². The van der Waals surface area contributed by atoms with Gasteiger partial charge in [-0.1, -0.05) is 12.1 Å². The Hall–Kier alpha value is -2.49. The lowest BCUT2D eigenvalue weighted by atomic mass is 10.1. The smallest absolute Gasteiger partial charge is 0.335 e. The number of rotatable bonds is 5. The minimum absolute atomic E-state index is 0.260. The minimum Gasteiger partial charge on any atom is -0.497 e. The molecule has 0 amide bonds. The number of methoxy groups -OCH3 is 1. The Morgan fingerprint density at radius 1 is 1.20 bits per heavy atom. The molecule has 20 heavy (non-hydrogen) atoms. The van der Waals surface area contributed by atoms with Crippen LogP contribution in [0.5, 0.6) is 11.5 Å². The number of carboxylic acid groups (broad SMARTS) is 1. The van der Waals surface area contributed by atoms with Gasteiger partial charge in [-0.2, -0.15) is 0 Å². The highest BCUT2D eigenvalue weighted by Gasteiger charge is 2.06. The van der Waals surface area contributed by atoms with E-state index in [0.29, 0.717) is 12.4 Å². The number of hydrogen-bond acceptors (Lipinski definition) is 3. The molecule has 0 aliphatic heterocycles. The zero-order valence-electron chi connectivity index (χ0n) is 11.4. The van der Waals surface area contributed by atoms with Gasteiger partial charge in [0, 0.05) is 0 Å². The minimum atomic E-state index is -0.938. The third kappa shape index (κ3) is 3.29. The van der Waals surface area contributed by atoms with Gasteiger partial charge in [0.05, 0.1) is 12.7 Å². The van der Waals surface area contributed by atoms with E-state index in [0.717, 1.165) is 16.9 Å². The van der Waals surface area contributed by atoms with Crippen LogP contribution in [-0.4, -0.2) is 18.2 Å². The summed E-state index contributed by atoms with van der Waals surface area (Å²) in [6, 6.07) is 12.4. The van der Waals surface area contributed by atoms with Crippen molar-refractivity contribution in [2.24, 2.45) is 0 Å². The molecule has 0 fully saturated rings. The Bertz CT molecular complexity index is 620. The third-order valence-electron chi connectivity index (χ3n) is 2.95. The van der Waals surface area contributed by atoms with Gasteiger partial charge in [0.1, 0.15) is 18.1 Å². The summed E-state index contributed by atoms with van der Waals surface area (Å²) in [5.74, 6) is 0.523. The van der Waals surface area contributed by atoms with Gasteiger partial charge in [-0.3, -0.25) is 0 Å². The Kier molecular flexibility index (Phi) is 4.25. The number of aromatic carboxylic acids is 1. The first-order valence-electron chi connectivity index (χ1n) is 6.20. The van der Waals surface area contributed by atoms with Crippen LogP contribution in [0.25, 0.3) is 0 Å². The fourth-order valence-corrected chi connectivity index (χ4v) is 1.87. The molecule has 2 aromatic rings. The largest absolute Gasteiger partial charge is 0.497 e. The summed E-state index contributed by atoms with van der Waals surface area (Å²) in [6.45, 7) is 2.23. The molecule has 0 radical (unpaired) electrons. The Labute approximate surface area is 117 Å². The maximum absolute atomic E-state index is 10.9. The van der Waals surface area contributed by atoms with E-state index in [9.17, 15) is 4.79 Å².